The number of aliphatic carboxylic acids is 1. The number of halogens is 4. The molecule has 0 saturated heterocycles. The van der Waals surface area contributed by atoms with Gasteiger partial charge in [0.1, 0.15) is 18.0 Å². The van der Waals surface area contributed by atoms with Crippen molar-refractivity contribution in [2.45, 2.75) is 77.3 Å². The van der Waals surface area contributed by atoms with Gasteiger partial charge in [0.05, 0.1) is 41.1 Å². The number of amides is 1. The molecule has 0 radical (unpaired) electrons. The fourth-order valence-corrected chi connectivity index (χ4v) is 9.57. The molecule has 3 aromatic rings. The van der Waals surface area contributed by atoms with Crippen molar-refractivity contribution in [2.24, 2.45) is 0 Å². The number of carboxylic acids is 1. The molecule has 0 fully saturated rings. The lowest BCUT2D eigenvalue weighted by atomic mass is 9.78. The van der Waals surface area contributed by atoms with E-state index in [2.05, 4.69) is 9.48 Å². The largest absolute Gasteiger partial charge is 0.481 e. The lowest BCUT2D eigenvalue weighted by Gasteiger charge is -2.47. The first kappa shape index (κ1) is 37.9. The topological polar surface area (TPSA) is 114 Å². The predicted octanol–water partition coefficient (Wildman–Crippen LogP) is 5.06. The Kier molecular flexibility index (Phi) is 9.00. The molecule has 5 aliphatic heterocycles. The number of fused-ring (bicyclic) bond motifs is 4. The second kappa shape index (κ2) is 13.3. The van der Waals surface area contributed by atoms with Crippen LogP contribution in [0.2, 0.25) is 0 Å². The lowest BCUT2D eigenvalue weighted by Crippen LogP contribution is -2.53. The molecule has 13 heteroatoms. The highest BCUT2D eigenvalue weighted by Crippen LogP contribution is 2.53. The van der Waals surface area contributed by atoms with Crippen molar-refractivity contribution in [1.82, 2.24) is 9.48 Å². The van der Waals surface area contributed by atoms with E-state index >= 15 is 17.6 Å². The number of ether oxygens (including phenoxy) is 1. The highest BCUT2D eigenvalue weighted by atomic mass is 19.2. The van der Waals surface area contributed by atoms with Crippen LogP contribution in [-0.2, 0) is 17.6 Å². The van der Waals surface area contributed by atoms with Gasteiger partial charge in [-0.1, -0.05) is 6.08 Å². The van der Waals surface area contributed by atoms with E-state index in [1.54, 1.807) is 12.1 Å². The van der Waals surface area contributed by atoms with Gasteiger partial charge in [-0.15, -0.1) is 0 Å². The Bertz CT molecular complexity index is 2490. The van der Waals surface area contributed by atoms with Crippen molar-refractivity contribution in [3.05, 3.63) is 97.1 Å². The van der Waals surface area contributed by atoms with Crippen LogP contribution in [-0.4, -0.2) is 83.1 Å². The molecule has 56 heavy (non-hydrogen) atoms. The Balaban J connectivity index is 1.55. The summed E-state index contributed by atoms with van der Waals surface area (Å²) in [4.78, 5) is 28.7. The number of benzene rings is 3. The summed E-state index contributed by atoms with van der Waals surface area (Å²) in [7, 11) is 1.26. The molecule has 0 bridgehead atoms. The van der Waals surface area contributed by atoms with Crippen LogP contribution in [0.25, 0.3) is 16.7 Å². The molecule has 0 aliphatic carbocycles. The maximum atomic E-state index is 16.9. The van der Waals surface area contributed by atoms with Crippen LogP contribution in [0.3, 0.4) is 0 Å². The van der Waals surface area contributed by atoms with Crippen molar-refractivity contribution < 1.29 is 47.2 Å². The van der Waals surface area contributed by atoms with Gasteiger partial charge in [0.15, 0.2) is 28.8 Å². The molecule has 5 heterocycles. The van der Waals surface area contributed by atoms with Crippen molar-refractivity contribution in [3.63, 3.8) is 0 Å². The fraction of sp³-hybridized carbons (Fsp3) is 0.419. The van der Waals surface area contributed by atoms with E-state index in [4.69, 9.17) is 4.74 Å². The predicted molar refractivity (Wildman–Crippen MR) is 202 cm³/mol. The zero-order chi connectivity index (χ0) is 40.2. The Morgan fingerprint density at radius 1 is 0.875 bits per heavy atom. The molecular formula is C43H44F4N3O6+. The van der Waals surface area contributed by atoms with E-state index in [1.165, 1.54) is 7.05 Å². The van der Waals surface area contributed by atoms with E-state index in [1.807, 2.05) is 39.8 Å². The van der Waals surface area contributed by atoms with E-state index in [-0.39, 0.29) is 49.0 Å². The summed E-state index contributed by atoms with van der Waals surface area (Å²) in [6, 6.07) is 3.38. The van der Waals surface area contributed by atoms with Crippen LogP contribution in [0.15, 0.2) is 24.3 Å². The van der Waals surface area contributed by atoms with Gasteiger partial charge in [0, 0.05) is 79.9 Å². The van der Waals surface area contributed by atoms with Crippen LogP contribution < -0.4 is 24.8 Å². The zero-order valence-corrected chi connectivity index (χ0v) is 32.0. The van der Waals surface area contributed by atoms with Gasteiger partial charge in [-0.05, 0) is 68.9 Å². The average Bonchev–Trinajstić information content (AvgIpc) is 3.16. The Labute approximate surface area is 321 Å². The van der Waals surface area contributed by atoms with Crippen LogP contribution in [0, 0.1) is 23.3 Å². The van der Waals surface area contributed by atoms with Crippen molar-refractivity contribution in [1.29, 1.82) is 0 Å². The van der Waals surface area contributed by atoms with E-state index < -0.39 is 57.4 Å². The Morgan fingerprint density at radius 3 is 2.25 bits per heavy atom. The molecule has 0 unspecified atom stereocenters. The number of aliphatic hydroxyl groups excluding tert-OH is 2. The summed E-state index contributed by atoms with van der Waals surface area (Å²) in [5.74, 6) is -9.60. The highest BCUT2D eigenvalue weighted by molar-refractivity contribution is 6.04. The van der Waals surface area contributed by atoms with Gasteiger partial charge in [-0.2, -0.15) is 0 Å². The van der Waals surface area contributed by atoms with E-state index in [0.717, 1.165) is 27.1 Å². The first-order chi connectivity index (χ1) is 26.5. The number of nitrogens with zero attached hydrogens (tertiary/aromatic N) is 3. The number of anilines is 1. The SMILES string of the molecule is CN(CCCC(=O)O)C(=O)c1c(F)c(F)c(F)c(F)c1C1=c2cc3c4c(c2Oc2c1cc1c5c2CCCN5C(C)(C)C=C1CO)CCC[N+]=4C(C)(C)C=C3CO. The van der Waals surface area contributed by atoms with Crippen molar-refractivity contribution in [3.8, 4) is 11.5 Å². The maximum Gasteiger partial charge on any atom is 0.303 e. The number of hydrogen-bond donors (Lipinski definition) is 3. The second-order valence-electron chi connectivity index (χ2n) is 16.4. The molecular weight excluding hydrogens is 730 g/mol. The summed E-state index contributed by atoms with van der Waals surface area (Å²) in [5.41, 5.74) is 1.91. The molecule has 0 saturated carbocycles. The lowest BCUT2D eigenvalue weighted by molar-refractivity contribution is -0.137. The third-order valence-corrected chi connectivity index (χ3v) is 12.0. The van der Waals surface area contributed by atoms with E-state index in [9.17, 15) is 24.9 Å². The molecule has 0 spiro atoms. The summed E-state index contributed by atoms with van der Waals surface area (Å²) in [5, 5.41) is 31.6. The second-order valence-corrected chi connectivity index (χ2v) is 16.4. The smallest absolute Gasteiger partial charge is 0.303 e. The third kappa shape index (κ3) is 5.52. The molecule has 9 nitrogen and oxygen atoms in total. The normalized spacial score (nSPS) is 18.2. The third-order valence-electron chi connectivity index (χ3n) is 12.0. The minimum absolute atomic E-state index is 0.0337. The standard InChI is InChI=1S/C43H43F4N3O6/c1-42(2)17-21(19-51)25-15-27-30(31-32(34(45)36(47)35(46)33(31)44)41(55)48(5)12-8-11-29(53)54)28-16-26-22(20-52)18-43(3,4)50-14-7-10-24(38(26)50)40(28)56-39(27)23-9-6-13-49(42)37(23)25/h15-18,51-52H,6-14,19-20H2,1-5H3/p+1. The molecule has 0 aromatic heterocycles. The number of carboxylic acid groups (broad SMARTS) is 1. The number of aliphatic hydroxyl groups is 2. The van der Waals surface area contributed by atoms with Gasteiger partial charge in [-0.3, -0.25) is 9.59 Å². The highest BCUT2D eigenvalue weighted by Gasteiger charge is 2.44. The minimum Gasteiger partial charge on any atom is -0.481 e. The molecule has 3 N–H and O–H groups in total. The van der Waals surface area contributed by atoms with Gasteiger partial charge in [0.2, 0.25) is 5.36 Å². The molecule has 5 aliphatic rings. The molecule has 294 valence electrons. The Morgan fingerprint density at radius 2 is 1.55 bits per heavy atom. The summed E-state index contributed by atoms with van der Waals surface area (Å²) in [6.07, 6.45) is 6.00. The molecule has 1 amide bonds. The van der Waals surface area contributed by atoms with Crippen LogP contribution >= 0.6 is 0 Å². The van der Waals surface area contributed by atoms with Gasteiger partial charge in [-0.25, -0.2) is 22.1 Å². The van der Waals surface area contributed by atoms with Crippen LogP contribution in [0.5, 0.6) is 11.5 Å². The van der Waals surface area contributed by atoms with Crippen LogP contribution in [0.4, 0.5) is 23.2 Å². The Hall–Kier alpha value is -5.01. The van der Waals surface area contributed by atoms with Gasteiger partial charge >= 0.3 is 5.97 Å². The molecule has 0 atom stereocenters. The first-order valence-electron chi connectivity index (χ1n) is 19.0. The summed E-state index contributed by atoms with van der Waals surface area (Å²) < 4.78 is 73.6. The fourth-order valence-electron chi connectivity index (χ4n) is 9.57. The van der Waals surface area contributed by atoms with Crippen molar-refractivity contribution in [2.75, 3.05) is 44.8 Å². The van der Waals surface area contributed by atoms with Gasteiger partial charge in [0.25, 0.3) is 5.91 Å². The van der Waals surface area contributed by atoms with Gasteiger partial charge < -0.3 is 29.9 Å². The summed E-state index contributed by atoms with van der Waals surface area (Å²) in [6.45, 7) is 8.66. The van der Waals surface area contributed by atoms with Crippen molar-refractivity contribution >= 4 is 34.3 Å². The summed E-state index contributed by atoms with van der Waals surface area (Å²) >= 11 is 0. The number of carbonyl (C=O) groups is 2. The maximum absolute atomic E-state index is 16.9. The number of rotatable bonds is 8. The molecule has 3 aromatic carbocycles. The monoisotopic (exact) mass is 774 g/mol. The minimum atomic E-state index is -2.16. The first-order valence-corrected chi connectivity index (χ1v) is 19.0. The number of hydrogen-bond acceptors (Lipinski definition) is 6. The number of carbonyl (C=O) groups excluding carboxylic acids is 1. The zero-order valence-electron chi connectivity index (χ0n) is 32.0. The van der Waals surface area contributed by atoms with E-state index in [0.29, 0.717) is 72.5 Å². The van der Waals surface area contributed by atoms with Crippen LogP contribution in [0.1, 0.15) is 97.1 Å². The molecule has 8 rings (SSSR count). The quantitative estimate of drug-likeness (QED) is 0.0994. The average molecular weight is 775 g/mol.